The standard InChI is InChI=1S/C10H15ClN2O4/c1-10(2,8(14)15)13(6-3-5-12)9(16)17-7-4-11/h3-4,6-7H2,1-2H3,(H,14,15). The fourth-order valence-electron chi connectivity index (χ4n) is 1.08. The van der Waals surface area contributed by atoms with E-state index in [9.17, 15) is 9.59 Å². The zero-order chi connectivity index (χ0) is 13.5. The van der Waals surface area contributed by atoms with E-state index in [0.29, 0.717) is 0 Å². The Morgan fingerprint density at radius 2 is 2.12 bits per heavy atom. The summed E-state index contributed by atoms with van der Waals surface area (Å²) in [6.07, 6.45) is -0.750. The summed E-state index contributed by atoms with van der Waals surface area (Å²) in [5.41, 5.74) is -1.43. The van der Waals surface area contributed by atoms with Gasteiger partial charge >= 0.3 is 12.1 Å². The molecule has 0 radical (unpaired) electrons. The monoisotopic (exact) mass is 262 g/mol. The first kappa shape index (κ1) is 15.5. The van der Waals surface area contributed by atoms with Crippen LogP contribution in [0.15, 0.2) is 0 Å². The fourth-order valence-corrected chi connectivity index (χ4v) is 1.16. The van der Waals surface area contributed by atoms with Crippen LogP contribution >= 0.6 is 11.6 Å². The van der Waals surface area contributed by atoms with Crippen LogP contribution in [0, 0.1) is 11.3 Å². The number of amides is 1. The molecule has 0 unspecified atom stereocenters. The number of alkyl halides is 1. The van der Waals surface area contributed by atoms with Crippen LogP contribution < -0.4 is 0 Å². The van der Waals surface area contributed by atoms with Crippen molar-refractivity contribution in [3.05, 3.63) is 0 Å². The summed E-state index contributed by atoms with van der Waals surface area (Å²) >= 11 is 5.37. The largest absolute Gasteiger partial charge is 0.480 e. The molecular formula is C10H15ClN2O4. The van der Waals surface area contributed by atoms with Gasteiger partial charge in [-0.05, 0) is 13.8 Å². The maximum absolute atomic E-state index is 11.6. The Balaban J connectivity index is 4.81. The van der Waals surface area contributed by atoms with E-state index in [2.05, 4.69) is 0 Å². The van der Waals surface area contributed by atoms with Crippen LogP contribution in [-0.2, 0) is 9.53 Å². The third-order valence-corrected chi connectivity index (χ3v) is 2.32. The quantitative estimate of drug-likeness (QED) is 0.732. The molecule has 0 aliphatic rings. The smallest absolute Gasteiger partial charge is 0.410 e. The Kier molecular flexibility index (Phi) is 6.36. The van der Waals surface area contributed by atoms with Gasteiger partial charge in [-0.2, -0.15) is 5.26 Å². The van der Waals surface area contributed by atoms with Crippen molar-refractivity contribution < 1.29 is 19.4 Å². The number of nitrogens with zero attached hydrogens (tertiary/aromatic N) is 2. The predicted molar refractivity (Wildman–Crippen MR) is 60.7 cm³/mol. The molecule has 0 aromatic heterocycles. The fraction of sp³-hybridized carbons (Fsp3) is 0.700. The molecule has 0 saturated heterocycles. The normalized spacial score (nSPS) is 10.5. The van der Waals surface area contributed by atoms with Gasteiger partial charge < -0.3 is 9.84 Å². The third kappa shape index (κ3) is 4.49. The number of hydrogen-bond donors (Lipinski definition) is 1. The summed E-state index contributed by atoms with van der Waals surface area (Å²) in [5, 5.41) is 17.5. The van der Waals surface area contributed by atoms with Crippen molar-refractivity contribution in [1.82, 2.24) is 4.90 Å². The van der Waals surface area contributed by atoms with Gasteiger partial charge in [0.15, 0.2) is 0 Å². The molecule has 0 aromatic rings. The number of rotatable bonds is 6. The van der Waals surface area contributed by atoms with Gasteiger partial charge in [-0.1, -0.05) is 0 Å². The topological polar surface area (TPSA) is 90.6 Å². The Morgan fingerprint density at radius 1 is 1.53 bits per heavy atom. The van der Waals surface area contributed by atoms with Gasteiger partial charge in [0, 0.05) is 6.54 Å². The molecule has 7 heteroatoms. The van der Waals surface area contributed by atoms with Crippen LogP contribution in [0.2, 0.25) is 0 Å². The number of ether oxygens (including phenoxy) is 1. The van der Waals surface area contributed by atoms with Crippen molar-refractivity contribution in [3.63, 3.8) is 0 Å². The van der Waals surface area contributed by atoms with Crippen LogP contribution in [-0.4, -0.2) is 46.6 Å². The van der Waals surface area contributed by atoms with Crippen LogP contribution in [0.25, 0.3) is 0 Å². The van der Waals surface area contributed by atoms with Gasteiger partial charge in [0.1, 0.15) is 12.1 Å². The summed E-state index contributed by atoms with van der Waals surface area (Å²) in [5.74, 6) is -1.04. The first-order valence-electron chi connectivity index (χ1n) is 4.98. The van der Waals surface area contributed by atoms with Gasteiger partial charge in [0.2, 0.25) is 0 Å². The first-order chi connectivity index (χ1) is 7.87. The second kappa shape index (κ2) is 6.97. The summed E-state index contributed by atoms with van der Waals surface area (Å²) in [7, 11) is 0. The van der Waals surface area contributed by atoms with Crippen LogP contribution in [0.4, 0.5) is 4.79 Å². The number of aliphatic carboxylic acids is 1. The van der Waals surface area contributed by atoms with E-state index in [0.717, 1.165) is 4.90 Å². The summed E-state index contributed by atoms with van der Waals surface area (Å²) in [4.78, 5) is 23.7. The second-order valence-corrected chi connectivity index (χ2v) is 4.11. The zero-order valence-corrected chi connectivity index (χ0v) is 10.5. The van der Waals surface area contributed by atoms with Crippen LogP contribution in [0.1, 0.15) is 20.3 Å². The number of carbonyl (C=O) groups excluding carboxylic acids is 1. The highest BCUT2D eigenvalue weighted by molar-refractivity contribution is 6.18. The maximum atomic E-state index is 11.6. The van der Waals surface area contributed by atoms with Crippen LogP contribution in [0.5, 0.6) is 0 Å². The molecule has 17 heavy (non-hydrogen) atoms. The highest BCUT2D eigenvalue weighted by atomic mass is 35.5. The molecular weight excluding hydrogens is 248 g/mol. The van der Waals surface area contributed by atoms with Gasteiger partial charge in [0.05, 0.1) is 18.4 Å². The third-order valence-electron chi connectivity index (χ3n) is 2.17. The average Bonchev–Trinajstić information content (AvgIpc) is 2.26. The van der Waals surface area contributed by atoms with Crippen molar-refractivity contribution in [2.24, 2.45) is 0 Å². The number of nitriles is 1. The molecule has 0 aromatic carbocycles. The molecule has 0 rings (SSSR count). The molecule has 96 valence electrons. The molecule has 0 fully saturated rings. The van der Waals surface area contributed by atoms with Crippen LogP contribution in [0.3, 0.4) is 0 Å². The van der Waals surface area contributed by atoms with Crippen molar-refractivity contribution >= 4 is 23.7 Å². The molecule has 0 bridgehead atoms. The SMILES string of the molecule is CC(C)(C(=O)O)N(CCC#N)C(=O)OCCCl. The van der Waals surface area contributed by atoms with Crippen molar-refractivity contribution in [2.75, 3.05) is 19.0 Å². The molecule has 1 amide bonds. The van der Waals surface area contributed by atoms with E-state index >= 15 is 0 Å². The summed E-state index contributed by atoms with van der Waals surface area (Å²) in [6, 6.07) is 1.85. The Morgan fingerprint density at radius 3 is 2.53 bits per heavy atom. The number of carboxylic acids is 1. The van der Waals surface area contributed by atoms with E-state index < -0.39 is 17.6 Å². The molecule has 6 nitrogen and oxygen atoms in total. The summed E-state index contributed by atoms with van der Waals surface area (Å²) in [6.45, 7) is 2.74. The molecule has 0 heterocycles. The summed E-state index contributed by atoms with van der Waals surface area (Å²) < 4.78 is 4.77. The molecule has 0 atom stereocenters. The second-order valence-electron chi connectivity index (χ2n) is 3.73. The van der Waals surface area contributed by atoms with E-state index in [-0.39, 0.29) is 25.5 Å². The van der Waals surface area contributed by atoms with Gasteiger partial charge in [-0.15, -0.1) is 11.6 Å². The zero-order valence-electron chi connectivity index (χ0n) is 9.77. The number of hydrogen-bond acceptors (Lipinski definition) is 4. The Hall–Kier alpha value is -1.48. The number of halogens is 1. The molecule has 0 saturated carbocycles. The minimum Gasteiger partial charge on any atom is -0.480 e. The van der Waals surface area contributed by atoms with Crippen molar-refractivity contribution in [1.29, 1.82) is 5.26 Å². The van der Waals surface area contributed by atoms with E-state index in [4.69, 9.17) is 26.7 Å². The van der Waals surface area contributed by atoms with E-state index in [1.807, 2.05) is 6.07 Å². The lowest BCUT2D eigenvalue weighted by atomic mass is 10.0. The lowest BCUT2D eigenvalue weighted by molar-refractivity contribution is -0.148. The van der Waals surface area contributed by atoms with Gasteiger partial charge in [-0.3, -0.25) is 4.90 Å². The molecule has 0 spiro atoms. The van der Waals surface area contributed by atoms with Gasteiger partial charge in [0.25, 0.3) is 0 Å². The highest BCUT2D eigenvalue weighted by Gasteiger charge is 2.38. The number of carbonyl (C=O) groups is 2. The number of carboxylic acid groups (broad SMARTS) is 1. The molecule has 0 aliphatic heterocycles. The van der Waals surface area contributed by atoms with E-state index in [1.54, 1.807) is 0 Å². The molecule has 0 aliphatic carbocycles. The lowest BCUT2D eigenvalue weighted by Gasteiger charge is -2.33. The highest BCUT2D eigenvalue weighted by Crippen LogP contribution is 2.16. The molecule has 1 N–H and O–H groups in total. The minimum atomic E-state index is -1.43. The van der Waals surface area contributed by atoms with Gasteiger partial charge in [-0.25, -0.2) is 9.59 Å². The Bertz CT molecular complexity index is 325. The Labute approximate surface area is 105 Å². The first-order valence-corrected chi connectivity index (χ1v) is 5.52. The maximum Gasteiger partial charge on any atom is 0.410 e. The van der Waals surface area contributed by atoms with Crippen molar-refractivity contribution in [3.8, 4) is 6.07 Å². The average molecular weight is 263 g/mol. The van der Waals surface area contributed by atoms with Crippen molar-refractivity contribution in [2.45, 2.75) is 25.8 Å². The lowest BCUT2D eigenvalue weighted by Crippen LogP contribution is -2.53. The van der Waals surface area contributed by atoms with E-state index in [1.165, 1.54) is 13.8 Å². The predicted octanol–water partition coefficient (Wildman–Crippen LogP) is 1.44. The minimum absolute atomic E-state index is 0.000852.